The smallest absolute Gasteiger partial charge is 0.365 e. The van der Waals surface area contributed by atoms with Gasteiger partial charge in [-0.2, -0.15) is 23.4 Å². The molecule has 0 saturated carbocycles. The summed E-state index contributed by atoms with van der Waals surface area (Å²) in [5.41, 5.74) is 4.87. The summed E-state index contributed by atoms with van der Waals surface area (Å²) in [6, 6.07) is -0.132. The molecule has 0 aliphatic carbocycles. The van der Waals surface area contributed by atoms with Crippen LogP contribution in [0, 0.1) is 13.8 Å². The van der Waals surface area contributed by atoms with Gasteiger partial charge >= 0.3 is 6.18 Å². The van der Waals surface area contributed by atoms with E-state index < -0.39 is 41.8 Å². The van der Waals surface area contributed by atoms with Crippen molar-refractivity contribution >= 4 is 55.0 Å². The Balaban J connectivity index is 1.88. The summed E-state index contributed by atoms with van der Waals surface area (Å²) in [7, 11) is 1.63. The Morgan fingerprint density at radius 1 is 1.18 bits per heavy atom. The van der Waals surface area contributed by atoms with Crippen molar-refractivity contribution in [2.75, 3.05) is 5.32 Å². The number of fused-ring (bicyclic) bond motifs is 1. The van der Waals surface area contributed by atoms with E-state index in [4.69, 9.17) is 5.73 Å². The molecule has 4 heterocycles. The van der Waals surface area contributed by atoms with Gasteiger partial charge in [0, 0.05) is 24.2 Å². The van der Waals surface area contributed by atoms with Crippen molar-refractivity contribution in [2.45, 2.75) is 39.4 Å². The van der Waals surface area contributed by atoms with E-state index in [1.165, 1.54) is 18.5 Å². The van der Waals surface area contributed by atoms with Crippen LogP contribution in [0.4, 0.5) is 27.6 Å². The predicted molar refractivity (Wildman–Crippen MR) is 133 cm³/mol. The topological polar surface area (TPSA) is 121 Å². The van der Waals surface area contributed by atoms with E-state index in [9.17, 15) is 31.5 Å². The van der Waals surface area contributed by atoms with Crippen LogP contribution < -0.4 is 11.1 Å². The van der Waals surface area contributed by atoms with Gasteiger partial charge in [-0.05, 0) is 48.3 Å². The van der Waals surface area contributed by atoms with Crippen LogP contribution in [0.3, 0.4) is 0 Å². The first-order valence-corrected chi connectivity index (χ1v) is 12.4. The summed E-state index contributed by atoms with van der Waals surface area (Å²) in [6.45, 7) is 4.33. The van der Waals surface area contributed by atoms with E-state index in [1.54, 1.807) is 20.2 Å². The maximum Gasteiger partial charge on any atom is 0.436 e. The van der Waals surface area contributed by atoms with Crippen LogP contribution in [0.2, 0.25) is 0 Å². The van der Waals surface area contributed by atoms with Crippen molar-refractivity contribution < 1.29 is 31.5 Å². The third-order valence-corrected chi connectivity index (χ3v) is 7.82. The third-order valence-electron chi connectivity index (χ3n) is 5.77. The number of carbonyl (C=O) groups excluding carboxylic acids is 2. The van der Waals surface area contributed by atoms with Gasteiger partial charge in [0.2, 0.25) is 5.91 Å². The molecule has 0 aromatic carbocycles. The zero-order valence-electron chi connectivity index (χ0n) is 20.1. The number of nitrogens with zero attached hydrogens (tertiary/aromatic N) is 5. The van der Waals surface area contributed by atoms with Crippen LogP contribution in [0.5, 0.6) is 0 Å². The van der Waals surface area contributed by atoms with Crippen molar-refractivity contribution in [2.24, 2.45) is 12.8 Å². The van der Waals surface area contributed by atoms with Crippen LogP contribution >= 0.6 is 27.3 Å². The number of aromatic nitrogens is 5. The summed E-state index contributed by atoms with van der Waals surface area (Å²) in [6.07, 6.45) is -6.12. The van der Waals surface area contributed by atoms with E-state index >= 15 is 0 Å². The molecular formula is C22H19BrF5N7O2S. The molecule has 3 N–H and O–H groups in total. The lowest BCUT2D eigenvalue weighted by atomic mass is 10.0. The van der Waals surface area contributed by atoms with Crippen LogP contribution in [0.1, 0.15) is 51.8 Å². The lowest BCUT2D eigenvalue weighted by Crippen LogP contribution is -2.26. The molecule has 0 fully saturated rings. The van der Waals surface area contributed by atoms with Crippen molar-refractivity contribution in [3.05, 3.63) is 44.4 Å². The van der Waals surface area contributed by atoms with Crippen LogP contribution in [-0.4, -0.2) is 36.4 Å². The largest absolute Gasteiger partial charge is 0.436 e. The Bertz CT molecular complexity index is 1590. The number of pyridine rings is 1. The number of hydrogen-bond acceptors (Lipinski definition) is 6. The molecule has 4 aromatic rings. The number of hydrogen-bond donors (Lipinski definition) is 2. The first-order valence-electron chi connectivity index (χ1n) is 10.8. The highest BCUT2D eigenvalue weighted by Crippen LogP contribution is 2.43. The molecule has 0 aliphatic heterocycles. The molecule has 1 atom stereocenters. The van der Waals surface area contributed by atoms with Gasteiger partial charge in [0.1, 0.15) is 21.4 Å². The standard InChI is InChI=1S/C22H19BrF5N7O2S/c1-7-11(6-34(4)32-7)10-5-12(18(24)25)30-21-13(10)15(16(38-21)19(29)36)31-20(37)9(3)35-8(2)14(23)17(33-35)22(26,27)28/h5-6,9,18H,1-4H3,(H2,29,36)(H,31,37). The zero-order chi connectivity index (χ0) is 28.3. The number of carbonyl (C=O) groups is 2. The first kappa shape index (κ1) is 27.6. The fourth-order valence-electron chi connectivity index (χ4n) is 3.99. The minimum atomic E-state index is -4.77. The average Bonchev–Trinajstić information content (AvgIpc) is 3.45. The van der Waals surface area contributed by atoms with E-state index in [0.717, 1.165) is 10.7 Å². The van der Waals surface area contributed by atoms with Crippen LogP contribution in [-0.2, 0) is 18.0 Å². The van der Waals surface area contributed by atoms with Gasteiger partial charge in [0.25, 0.3) is 12.3 Å². The van der Waals surface area contributed by atoms with Crippen LogP contribution in [0.25, 0.3) is 21.3 Å². The quantitative estimate of drug-likeness (QED) is 0.275. The second-order valence-corrected chi connectivity index (χ2v) is 10.2. The first-order chi connectivity index (χ1) is 17.6. The SMILES string of the molecule is Cc1nn(C)cc1-c1cc(C(F)F)nc2sc(C(N)=O)c(NC(=O)C(C)n3nc(C(F)(F)F)c(Br)c3C)c12. The second kappa shape index (κ2) is 9.72. The van der Waals surface area contributed by atoms with E-state index in [0.29, 0.717) is 22.6 Å². The third kappa shape index (κ3) is 4.77. The minimum Gasteiger partial charge on any atom is -0.365 e. The van der Waals surface area contributed by atoms with Crippen LogP contribution in [0.15, 0.2) is 16.7 Å². The summed E-state index contributed by atoms with van der Waals surface area (Å²) in [4.78, 5) is 29.4. The van der Waals surface area contributed by atoms with Gasteiger partial charge in [-0.3, -0.25) is 19.0 Å². The molecule has 4 aromatic heterocycles. The summed E-state index contributed by atoms with van der Waals surface area (Å²) in [5.74, 6) is -1.79. The highest BCUT2D eigenvalue weighted by Gasteiger charge is 2.39. The fraction of sp³-hybridized carbons (Fsp3) is 0.318. The number of rotatable bonds is 6. The molecule has 202 valence electrons. The van der Waals surface area contributed by atoms with E-state index in [1.807, 2.05) is 0 Å². The molecule has 16 heteroatoms. The second-order valence-electron chi connectivity index (χ2n) is 8.40. The number of halogens is 6. The summed E-state index contributed by atoms with van der Waals surface area (Å²) in [5, 5.41) is 10.5. The number of alkyl halides is 5. The number of aryl methyl sites for hydroxylation is 2. The maximum atomic E-state index is 13.7. The van der Waals surface area contributed by atoms with E-state index in [2.05, 4.69) is 36.4 Å². The number of primary amides is 1. The molecule has 1 unspecified atom stereocenters. The number of nitrogens with one attached hydrogen (secondary N) is 1. The van der Waals surface area contributed by atoms with Gasteiger partial charge < -0.3 is 11.1 Å². The summed E-state index contributed by atoms with van der Waals surface area (Å²) >= 11 is 3.58. The average molecular weight is 620 g/mol. The van der Waals surface area contributed by atoms with Crippen molar-refractivity contribution in [3.63, 3.8) is 0 Å². The molecule has 0 aliphatic rings. The number of anilines is 1. The molecule has 0 radical (unpaired) electrons. The molecule has 9 nitrogen and oxygen atoms in total. The fourth-order valence-corrected chi connectivity index (χ4v) is 5.49. The molecule has 38 heavy (non-hydrogen) atoms. The van der Waals surface area contributed by atoms with E-state index in [-0.39, 0.29) is 36.5 Å². The lowest BCUT2D eigenvalue weighted by molar-refractivity contribution is -0.142. The number of nitrogens with two attached hydrogens (primary N) is 1. The molecule has 2 amide bonds. The number of amides is 2. The molecule has 0 spiro atoms. The Hall–Kier alpha value is -3.40. The Morgan fingerprint density at radius 3 is 2.34 bits per heavy atom. The van der Waals surface area contributed by atoms with Gasteiger partial charge in [-0.15, -0.1) is 11.3 Å². The lowest BCUT2D eigenvalue weighted by Gasteiger charge is -2.16. The van der Waals surface area contributed by atoms with Gasteiger partial charge in [-0.25, -0.2) is 13.8 Å². The highest BCUT2D eigenvalue weighted by molar-refractivity contribution is 9.10. The Morgan fingerprint density at radius 2 is 1.84 bits per heavy atom. The normalized spacial score (nSPS) is 12.9. The monoisotopic (exact) mass is 619 g/mol. The maximum absolute atomic E-state index is 13.7. The minimum absolute atomic E-state index is 0.00942. The van der Waals surface area contributed by atoms with Gasteiger partial charge in [-0.1, -0.05) is 0 Å². The Labute approximate surface area is 223 Å². The molecular weight excluding hydrogens is 601 g/mol. The van der Waals surface area contributed by atoms with Gasteiger partial charge in [0.15, 0.2) is 5.69 Å². The Kier molecular flexibility index (Phi) is 7.07. The molecule has 0 saturated heterocycles. The predicted octanol–water partition coefficient (Wildman–Crippen LogP) is 5.53. The molecule has 0 bridgehead atoms. The summed E-state index contributed by atoms with van der Waals surface area (Å²) < 4.78 is 69.4. The molecule has 4 rings (SSSR count). The number of thiophene rings is 1. The van der Waals surface area contributed by atoms with Gasteiger partial charge in [0.05, 0.1) is 21.5 Å². The van der Waals surface area contributed by atoms with Crippen molar-refractivity contribution in [1.29, 1.82) is 0 Å². The van der Waals surface area contributed by atoms with Crippen molar-refractivity contribution in [1.82, 2.24) is 24.5 Å². The zero-order valence-corrected chi connectivity index (χ0v) is 22.5. The van der Waals surface area contributed by atoms with Crippen molar-refractivity contribution in [3.8, 4) is 11.1 Å². The highest BCUT2D eigenvalue weighted by atomic mass is 79.9.